The molecule has 0 fully saturated rings. The lowest BCUT2D eigenvalue weighted by molar-refractivity contribution is -0.137. The van der Waals surface area contributed by atoms with Crippen LogP contribution in [0.4, 0.5) is 24.7 Å². The number of nitrogens with one attached hydrogen (secondary N) is 1. The molecular weight excluding hydrogens is 459 g/mol. The summed E-state index contributed by atoms with van der Waals surface area (Å²) >= 11 is 5.97. The fourth-order valence-electron chi connectivity index (χ4n) is 3.15. The summed E-state index contributed by atoms with van der Waals surface area (Å²) in [7, 11) is -3.60. The van der Waals surface area contributed by atoms with Crippen LogP contribution in [0, 0.1) is 0 Å². The summed E-state index contributed by atoms with van der Waals surface area (Å²) < 4.78 is 70.5. The minimum atomic E-state index is -4.53. The number of sulfonamides is 1. The maximum atomic E-state index is 13.0. The van der Waals surface area contributed by atoms with Crippen LogP contribution in [-0.2, 0) is 40.6 Å². The molecule has 170 valence electrons. The van der Waals surface area contributed by atoms with Gasteiger partial charge in [-0.3, -0.25) is 0 Å². The second kappa shape index (κ2) is 9.15. The molecule has 1 aromatic carbocycles. The van der Waals surface area contributed by atoms with Crippen LogP contribution in [0.15, 0.2) is 18.2 Å². The SMILES string of the molecule is CCOCCS(=O)(=O)N1Cc2nc(Cl)nc(NCc3cc(N)cc(C(F)(F)F)c3)c2C1. The molecule has 3 rings (SSSR count). The van der Waals surface area contributed by atoms with Crippen LogP contribution >= 0.6 is 11.6 Å². The molecule has 1 aliphatic rings. The van der Waals surface area contributed by atoms with Gasteiger partial charge >= 0.3 is 6.18 Å². The number of benzene rings is 1. The average molecular weight is 480 g/mol. The van der Waals surface area contributed by atoms with E-state index < -0.39 is 21.8 Å². The van der Waals surface area contributed by atoms with E-state index in [0.717, 1.165) is 12.1 Å². The molecule has 1 aliphatic heterocycles. The molecule has 0 amide bonds. The molecule has 0 radical (unpaired) electrons. The number of alkyl halides is 3. The van der Waals surface area contributed by atoms with E-state index in [2.05, 4.69) is 15.3 Å². The van der Waals surface area contributed by atoms with Crippen molar-refractivity contribution in [1.29, 1.82) is 0 Å². The van der Waals surface area contributed by atoms with Crippen molar-refractivity contribution in [2.24, 2.45) is 0 Å². The molecule has 8 nitrogen and oxygen atoms in total. The Hall–Kier alpha value is -2.15. The van der Waals surface area contributed by atoms with Crippen molar-refractivity contribution < 1.29 is 26.3 Å². The number of hydrogen-bond acceptors (Lipinski definition) is 7. The van der Waals surface area contributed by atoms with Crippen molar-refractivity contribution in [3.05, 3.63) is 45.9 Å². The lowest BCUT2D eigenvalue weighted by Gasteiger charge is -2.15. The number of nitrogens with two attached hydrogens (primary N) is 1. The predicted octanol–water partition coefficient (Wildman–Crippen LogP) is 3.03. The van der Waals surface area contributed by atoms with Crippen molar-refractivity contribution in [2.75, 3.05) is 30.0 Å². The van der Waals surface area contributed by atoms with E-state index in [4.69, 9.17) is 22.1 Å². The molecule has 0 aliphatic carbocycles. The van der Waals surface area contributed by atoms with Gasteiger partial charge in [0.15, 0.2) is 0 Å². The van der Waals surface area contributed by atoms with Gasteiger partial charge in [-0.25, -0.2) is 18.4 Å². The van der Waals surface area contributed by atoms with E-state index in [9.17, 15) is 21.6 Å². The maximum absolute atomic E-state index is 13.0. The van der Waals surface area contributed by atoms with E-state index >= 15 is 0 Å². The van der Waals surface area contributed by atoms with E-state index in [1.807, 2.05) is 0 Å². The third-order valence-electron chi connectivity index (χ3n) is 4.61. The summed E-state index contributed by atoms with van der Waals surface area (Å²) in [6.45, 7) is 2.27. The normalized spacial score (nSPS) is 14.6. The topological polar surface area (TPSA) is 110 Å². The van der Waals surface area contributed by atoms with Crippen molar-refractivity contribution in [1.82, 2.24) is 14.3 Å². The van der Waals surface area contributed by atoms with E-state index in [-0.39, 0.29) is 54.3 Å². The van der Waals surface area contributed by atoms with Gasteiger partial charge in [0.1, 0.15) is 5.82 Å². The lowest BCUT2D eigenvalue weighted by atomic mass is 10.1. The van der Waals surface area contributed by atoms with Crippen molar-refractivity contribution in [2.45, 2.75) is 32.7 Å². The van der Waals surface area contributed by atoms with E-state index in [1.165, 1.54) is 10.4 Å². The zero-order valence-electron chi connectivity index (χ0n) is 16.5. The number of nitrogen functional groups attached to an aromatic ring is 1. The van der Waals surface area contributed by atoms with Crippen LogP contribution in [-0.4, -0.2) is 41.7 Å². The van der Waals surface area contributed by atoms with Gasteiger partial charge in [0.2, 0.25) is 15.3 Å². The fraction of sp³-hybridized carbons (Fsp3) is 0.444. The Labute approximate surface area is 182 Å². The zero-order chi connectivity index (χ0) is 22.8. The second-order valence-electron chi connectivity index (χ2n) is 6.86. The van der Waals surface area contributed by atoms with Gasteiger partial charge in [0, 0.05) is 30.9 Å². The molecule has 0 saturated heterocycles. The molecule has 2 aromatic rings. The highest BCUT2D eigenvalue weighted by Crippen LogP contribution is 2.33. The van der Waals surface area contributed by atoms with Crippen LogP contribution in [0.1, 0.15) is 29.3 Å². The van der Waals surface area contributed by atoms with Gasteiger partial charge in [-0.2, -0.15) is 17.5 Å². The molecular formula is C18H21ClF3N5O3S. The predicted molar refractivity (Wildman–Crippen MR) is 110 cm³/mol. The summed E-state index contributed by atoms with van der Waals surface area (Å²) in [5, 5.41) is 2.83. The van der Waals surface area contributed by atoms with Crippen molar-refractivity contribution in [3.63, 3.8) is 0 Å². The largest absolute Gasteiger partial charge is 0.416 e. The molecule has 0 bridgehead atoms. The maximum Gasteiger partial charge on any atom is 0.416 e. The van der Waals surface area contributed by atoms with Crippen molar-refractivity contribution in [3.8, 4) is 0 Å². The molecule has 1 aromatic heterocycles. The number of rotatable bonds is 8. The Morgan fingerprint density at radius 2 is 2.00 bits per heavy atom. The first-order valence-electron chi connectivity index (χ1n) is 9.31. The molecule has 31 heavy (non-hydrogen) atoms. The van der Waals surface area contributed by atoms with Gasteiger partial charge < -0.3 is 15.8 Å². The molecule has 2 heterocycles. The Balaban J connectivity index is 1.79. The standard InChI is InChI=1S/C18H21ClF3N5O3S/c1-2-30-3-4-31(28,29)27-9-14-15(10-27)25-17(19)26-16(14)24-8-11-5-12(18(20,21)22)7-13(23)6-11/h5-7H,2-4,8-10,23H2,1H3,(H,24,25,26). The average Bonchev–Trinajstić information content (AvgIpc) is 3.10. The summed E-state index contributed by atoms with van der Waals surface area (Å²) in [5.41, 5.74) is 5.96. The minimum absolute atomic E-state index is 0.0218. The monoisotopic (exact) mass is 479 g/mol. The third kappa shape index (κ3) is 5.76. The Kier molecular flexibility index (Phi) is 6.94. The highest BCUT2D eigenvalue weighted by atomic mass is 35.5. The molecule has 0 spiro atoms. The molecule has 13 heteroatoms. The number of fused-ring (bicyclic) bond motifs is 1. The van der Waals surface area contributed by atoms with Gasteiger partial charge in [-0.1, -0.05) is 0 Å². The first kappa shape index (κ1) is 23.5. The zero-order valence-corrected chi connectivity index (χ0v) is 18.1. The Bertz CT molecular complexity index is 1070. The fourth-order valence-corrected chi connectivity index (χ4v) is 4.56. The number of anilines is 2. The lowest BCUT2D eigenvalue weighted by Crippen LogP contribution is -2.30. The highest BCUT2D eigenvalue weighted by Gasteiger charge is 2.33. The van der Waals surface area contributed by atoms with Gasteiger partial charge in [0.05, 0.1) is 30.2 Å². The molecule has 0 atom stereocenters. The van der Waals surface area contributed by atoms with E-state index in [0.29, 0.717) is 17.9 Å². The van der Waals surface area contributed by atoms with Gasteiger partial charge in [0.25, 0.3) is 0 Å². The van der Waals surface area contributed by atoms with Crippen LogP contribution in [0.2, 0.25) is 5.28 Å². The Morgan fingerprint density at radius 1 is 1.26 bits per heavy atom. The van der Waals surface area contributed by atoms with E-state index in [1.54, 1.807) is 6.92 Å². The smallest absolute Gasteiger partial charge is 0.399 e. The highest BCUT2D eigenvalue weighted by molar-refractivity contribution is 7.89. The Morgan fingerprint density at radius 3 is 2.68 bits per heavy atom. The number of hydrogen-bond donors (Lipinski definition) is 2. The first-order chi connectivity index (χ1) is 14.5. The number of nitrogens with zero attached hydrogens (tertiary/aromatic N) is 3. The minimum Gasteiger partial charge on any atom is -0.399 e. The molecule has 3 N–H and O–H groups in total. The van der Waals surface area contributed by atoms with Crippen LogP contribution in [0.3, 0.4) is 0 Å². The van der Waals surface area contributed by atoms with Crippen LogP contribution in [0.25, 0.3) is 0 Å². The quantitative estimate of drug-likeness (QED) is 0.340. The molecule has 0 saturated carbocycles. The summed E-state index contributed by atoms with van der Waals surface area (Å²) in [5.74, 6) is 0.0796. The number of ether oxygens (including phenoxy) is 1. The second-order valence-corrected chi connectivity index (χ2v) is 9.29. The van der Waals surface area contributed by atoms with Gasteiger partial charge in [-0.05, 0) is 42.3 Å². The van der Waals surface area contributed by atoms with Crippen LogP contribution in [0.5, 0.6) is 0 Å². The van der Waals surface area contributed by atoms with Crippen LogP contribution < -0.4 is 11.1 Å². The van der Waals surface area contributed by atoms with Gasteiger partial charge in [-0.15, -0.1) is 0 Å². The number of aromatic nitrogens is 2. The summed E-state index contributed by atoms with van der Waals surface area (Å²) in [4.78, 5) is 8.19. The third-order valence-corrected chi connectivity index (χ3v) is 6.51. The summed E-state index contributed by atoms with van der Waals surface area (Å²) in [6, 6.07) is 3.25. The molecule has 0 unspecified atom stereocenters. The summed E-state index contributed by atoms with van der Waals surface area (Å²) in [6.07, 6.45) is -4.53. The number of halogens is 4. The first-order valence-corrected chi connectivity index (χ1v) is 11.3. The van der Waals surface area contributed by atoms with Crippen molar-refractivity contribution >= 4 is 33.1 Å².